The van der Waals surface area contributed by atoms with Crippen LogP contribution in [0.2, 0.25) is 0 Å². The summed E-state index contributed by atoms with van der Waals surface area (Å²) in [6.07, 6.45) is -0.298. The number of nitrogens with two attached hydrogens (primary N) is 3. The van der Waals surface area contributed by atoms with Crippen molar-refractivity contribution >= 4 is 82.8 Å². The van der Waals surface area contributed by atoms with Crippen LogP contribution in [-0.2, 0) is 75.2 Å². The molecule has 1 saturated heterocycles. The molecule has 1 unspecified atom stereocenters. The Balaban J connectivity index is 1.70. The van der Waals surface area contributed by atoms with Crippen molar-refractivity contribution in [1.29, 1.82) is 5.41 Å². The van der Waals surface area contributed by atoms with E-state index in [0.717, 1.165) is 4.90 Å². The zero-order valence-electron chi connectivity index (χ0n) is 50.9. The van der Waals surface area contributed by atoms with Crippen LogP contribution in [0.25, 0.3) is 0 Å². The quantitative estimate of drug-likeness (QED) is 0.0174. The second-order valence-electron chi connectivity index (χ2n) is 22.3. The number of phenolic OH excluding ortho intramolecular Hbond substituents is 2. The number of hydrogen-bond donors (Lipinski definition) is 18. The third kappa shape index (κ3) is 25.3. The number of phenols is 2. The first-order chi connectivity index (χ1) is 41.8. The molecule has 0 radical (unpaired) electrons. The van der Waals surface area contributed by atoms with E-state index in [2.05, 4.69) is 58.5 Å². The maximum absolute atomic E-state index is 14.2. The number of hydrogen-bond acceptors (Lipinski definition) is 17. The van der Waals surface area contributed by atoms with E-state index >= 15 is 0 Å². The molecule has 0 aromatic heterocycles. The highest BCUT2D eigenvalue weighted by Gasteiger charge is 2.39. The topological polar surface area (TPSA) is 520 Å². The number of benzene rings is 2. The van der Waals surface area contributed by atoms with Gasteiger partial charge in [0.05, 0.1) is 19.6 Å². The van der Waals surface area contributed by atoms with Crippen LogP contribution in [0.15, 0.2) is 48.5 Å². The average molecular weight is 1250 g/mol. The summed E-state index contributed by atoms with van der Waals surface area (Å²) in [4.78, 5) is 174. The first-order valence-electron chi connectivity index (χ1n) is 28.9. The van der Waals surface area contributed by atoms with Crippen molar-refractivity contribution in [3.8, 4) is 11.5 Å². The van der Waals surface area contributed by atoms with Crippen molar-refractivity contribution in [2.75, 3.05) is 26.2 Å². The van der Waals surface area contributed by atoms with Crippen molar-refractivity contribution in [3.05, 3.63) is 59.7 Å². The highest BCUT2D eigenvalue weighted by molar-refractivity contribution is 6.00. The Morgan fingerprint density at radius 3 is 1.58 bits per heavy atom. The van der Waals surface area contributed by atoms with E-state index in [4.69, 9.17) is 22.6 Å². The summed E-state index contributed by atoms with van der Waals surface area (Å²) in [5.74, 6) is -12.7. The summed E-state index contributed by atoms with van der Waals surface area (Å²) in [5, 5.41) is 64.4. The lowest BCUT2D eigenvalue weighted by Gasteiger charge is -2.29. The fraction of sp³-hybridized carbons (Fsp3) is 0.544. The number of aromatic hydroxyl groups is 2. The molecule has 2 aromatic rings. The number of primary amides is 2. The number of aliphatic hydroxyl groups is 1. The van der Waals surface area contributed by atoms with Gasteiger partial charge in [-0.05, 0) is 93.2 Å². The molecule has 3 rings (SSSR count). The Morgan fingerprint density at radius 2 is 1.08 bits per heavy atom. The van der Waals surface area contributed by atoms with E-state index in [0.29, 0.717) is 17.5 Å². The van der Waals surface area contributed by atoms with Gasteiger partial charge in [0.25, 0.3) is 0 Å². The molecule has 0 saturated carbocycles. The molecule has 89 heavy (non-hydrogen) atoms. The van der Waals surface area contributed by atoms with Crippen molar-refractivity contribution in [3.63, 3.8) is 0 Å². The highest BCUT2D eigenvalue weighted by atomic mass is 16.3. The minimum Gasteiger partial charge on any atom is -0.508 e. The molecule has 490 valence electrons. The van der Waals surface area contributed by atoms with Gasteiger partial charge in [-0.25, -0.2) is 0 Å². The van der Waals surface area contributed by atoms with Gasteiger partial charge in [0.2, 0.25) is 76.8 Å². The van der Waals surface area contributed by atoms with Crippen LogP contribution in [0.3, 0.4) is 0 Å². The Bertz CT molecular complexity index is 2860. The summed E-state index contributed by atoms with van der Waals surface area (Å²) in [5.41, 5.74) is 17.4. The summed E-state index contributed by atoms with van der Waals surface area (Å²) < 4.78 is 0. The molecule has 21 N–H and O–H groups in total. The third-order valence-electron chi connectivity index (χ3n) is 13.9. The highest BCUT2D eigenvalue weighted by Crippen LogP contribution is 2.20. The third-order valence-corrected chi connectivity index (χ3v) is 13.9. The van der Waals surface area contributed by atoms with Gasteiger partial charge in [-0.2, -0.15) is 0 Å². The van der Waals surface area contributed by atoms with Crippen molar-refractivity contribution in [2.24, 2.45) is 29.0 Å². The Hall–Kier alpha value is -9.62. The number of amides is 13. The van der Waals surface area contributed by atoms with E-state index < -0.39 is 163 Å². The minimum absolute atomic E-state index is 0.0114. The van der Waals surface area contributed by atoms with Crippen molar-refractivity contribution < 1.29 is 77.6 Å². The largest absolute Gasteiger partial charge is 0.508 e. The molecule has 2 aromatic carbocycles. The van der Waals surface area contributed by atoms with Gasteiger partial charge >= 0.3 is 0 Å². The summed E-state index contributed by atoms with van der Waals surface area (Å²) in [6, 6.07) is -2.33. The summed E-state index contributed by atoms with van der Waals surface area (Å²) >= 11 is 0. The fourth-order valence-corrected chi connectivity index (χ4v) is 9.22. The standard InChI is InChI=1S/C57H86N16O16/c1-28(2)22-39(66-32(7)75)51(84)70-40(24-34-14-18-36(77)19-15-34)52(85)68-37(10-8-20-62-57(60)61)50(83)64-30(5)48(81)69-41(25-44(58)78)53(86)72-46(29(3)4)55(88)65-31(6)49(82)71-42(27-74)56(89)73-21-9-11-43(73)54(87)63-26-45(79)67-38(47(59)80)23-33-12-16-35(76)17-13-33/h12-19,28-31,37-43,46,74,76-77H,8-11,20-27H2,1-7H3,(H2,58,78)(H2,59,80)(H,63,87)(H,64,83)(H,65,88)(H,66,75)(H,67,79)(H,68,85)(H,69,81)(H,70,84)(H,71,82)(H,72,86)(H4,60,61,62)/t30-,31-,37-,38-,39-,40-,41-,42-,43-,46?/m0/s1. The summed E-state index contributed by atoms with van der Waals surface area (Å²) in [6.45, 7) is 8.90. The van der Waals surface area contributed by atoms with Gasteiger partial charge in [0.15, 0.2) is 5.96 Å². The minimum atomic E-state index is -1.76. The van der Waals surface area contributed by atoms with Crippen molar-refractivity contribution in [2.45, 2.75) is 160 Å². The van der Waals surface area contributed by atoms with Crippen LogP contribution in [-0.4, -0.2) is 190 Å². The molecule has 32 nitrogen and oxygen atoms in total. The lowest BCUT2D eigenvalue weighted by atomic mass is 10.0. The maximum atomic E-state index is 14.2. The molecule has 0 aliphatic carbocycles. The van der Waals surface area contributed by atoms with Crippen LogP contribution in [0, 0.1) is 17.2 Å². The molecule has 1 aliphatic rings. The average Bonchev–Trinajstić information content (AvgIpc) is 3.78. The number of nitrogens with zero attached hydrogens (tertiary/aromatic N) is 1. The van der Waals surface area contributed by atoms with Crippen LogP contribution in [0.4, 0.5) is 0 Å². The second-order valence-corrected chi connectivity index (χ2v) is 22.3. The molecule has 10 atom stereocenters. The second kappa shape index (κ2) is 35.9. The van der Waals surface area contributed by atoms with Gasteiger partial charge in [0.1, 0.15) is 71.9 Å². The molecular formula is C57H86N16O16. The van der Waals surface area contributed by atoms with Gasteiger partial charge in [-0.3, -0.25) is 67.7 Å². The zero-order chi connectivity index (χ0) is 66.8. The lowest BCUT2D eigenvalue weighted by Crippen LogP contribution is -2.61. The molecule has 0 bridgehead atoms. The predicted molar refractivity (Wildman–Crippen MR) is 319 cm³/mol. The van der Waals surface area contributed by atoms with Crippen LogP contribution >= 0.6 is 0 Å². The Morgan fingerprint density at radius 1 is 0.584 bits per heavy atom. The first kappa shape index (κ1) is 73.6. The fourth-order valence-electron chi connectivity index (χ4n) is 9.22. The molecule has 1 fully saturated rings. The monoisotopic (exact) mass is 1250 g/mol. The normalized spacial score (nSPS) is 15.8. The number of carbonyl (C=O) groups excluding carboxylic acids is 13. The molecule has 13 amide bonds. The van der Waals surface area contributed by atoms with Crippen LogP contribution < -0.4 is 75.7 Å². The molecule has 1 heterocycles. The van der Waals surface area contributed by atoms with E-state index in [1.807, 2.05) is 13.8 Å². The van der Waals surface area contributed by atoms with Gasteiger partial charge in [-0.15, -0.1) is 0 Å². The van der Waals surface area contributed by atoms with Gasteiger partial charge in [-0.1, -0.05) is 52.0 Å². The Labute approximate surface area is 514 Å². The number of carbonyl (C=O) groups is 13. The number of guanidine groups is 1. The van der Waals surface area contributed by atoms with E-state index in [9.17, 15) is 77.6 Å². The van der Waals surface area contributed by atoms with Crippen LogP contribution in [0.5, 0.6) is 11.5 Å². The van der Waals surface area contributed by atoms with E-state index in [1.165, 1.54) is 83.1 Å². The number of nitrogens with one attached hydrogen (secondary N) is 12. The van der Waals surface area contributed by atoms with Gasteiger partial charge < -0.3 is 95.9 Å². The maximum Gasteiger partial charge on any atom is 0.248 e. The molecule has 32 heteroatoms. The SMILES string of the molecule is CC(=O)N[C@@H](CC(C)C)C(=O)N[C@@H](Cc1ccc(O)cc1)C(=O)N[C@@H](CCCNC(=N)N)C(=O)N[C@@H](C)C(=O)N[C@@H](CC(N)=O)C(=O)NC(C(=O)N[C@@H](C)C(=O)N[C@@H](CO)C(=O)N1CCC[C@H]1C(=O)NCC(=O)N[C@@H](Cc1ccc(O)cc1)C(N)=O)C(C)C. The zero-order valence-corrected chi connectivity index (χ0v) is 50.9. The predicted octanol–water partition coefficient (Wildman–Crippen LogP) is -5.27. The molecule has 0 spiro atoms. The number of likely N-dealkylation sites (tertiary alicyclic amines) is 1. The van der Waals surface area contributed by atoms with Gasteiger partial charge in [0, 0.05) is 32.9 Å². The molecular weight excluding hydrogens is 1160 g/mol. The summed E-state index contributed by atoms with van der Waals surface area (Å²) in [7, 11) is 0. The Kier molecular flexibility index (Phi) is 29.7. The molecule has 1 aliphatic heterocycles. The lowest BCUT2D eigenvalue weighted by molar-refractivity contribution is -0.143. The van der Waals surface area contributed by atoms with E-state index in [-0.39, 0.29) is 75.0 Å². The van der Waals surface area contributed by atoms with Crippen LogP contribution in [0.1, 0.15) is 98.1 Å². The van der Waals surface area contributed by atoms with Crippen molar-refractivity contribution in [1.82, 2.24) is 63.4 Å². The smallest absolute Gasteiger partial charge is 0.248 e. The number of aliphatic hydroxyl groups excluding tert-OH is 1. The first-order valence-corrected chi connectivity index (χ1v) is 28.9. The number of rotatable bonds is 35. The van der Waals surface area contributed by atoms with E-state index in [1.54, 1.807) is 0 Å².